The first-order valence-corrected chi connectivity index (χ1v) is 4.86. The molecule has 0 saturated carbocycles. The lowest BCUT2D eigenvalue weighted by Gasteiger charge is -1.97. The molecule has 0 atom stereocenters. The summed E-state index contributed by atoms with van der Waals surface area (Å²) in [5.74, 6) is 0.495. The van der Waals surface area contributed by atoms with Crippen molar-refractivity contribution in [2.75, 3.05) is 6.54 Å². The van der Waals surface area contributed by atoms with Gasteiger partial charge in [-0.1, -0.05) is 20.4 Å². The molecule has 1 rings (SSSR count). The van der Waals surface area contributed by atoms with E-state index in [1.54, 1.807) is 11.3 Å². The summed E-state index contributed by atoms with van der Waals surface area (Å²) in [7, 11) is 0. The lowest BCUT2D eigenvalue weighted by molar-refractivity contribution is 0.850. The van der Waals surface area contributed by atoms with Crippen molar-refractivity contribution in [1.29, 1.82) is 0 Å². The topological polar surface area (TPSA) is 38.9 Å². The van der Waals surface area contributed by atoms with E-state index in [1.165, 1.54) is 0 Å². The van der Waals surface area contributed by atoms with Gasteiger partial charge < -0.3 is 5.73 Å². The molecule has 0 aliphatic carbocycles. The predicted molar refractivity (Wildman–Crippen MR) is 54.3 cm³/mol. The van der Waals surface area contributed by atoms with E-state index in [2.05, 4.69) is 25.4 Å². The molecule has 0 aliphatic rings. The Kier molecular flexibility index (Phi) is 3.00. The van der Waals surface area contributed by atoms with Crippen molar-refractivity contribution in [1.82, 2.24) is 4.98 Å². The number of hydrogen-bond acceptors (Lipinski definition) is 3. The fraction of sp³-hybridized carbons (Fsp3) is 0.444. The second-order valence-corrected chi connectivity index (χ2v) is 3.92. The van der Waals surface area contributed by atoms with Crippen LogP contribution in [0.5, 0.6) is 0 Å². The number of aromatic nitrogens is 1. The van der Waals surface area contributed by atoms with Crippen LogP contribution in [-0.4, -0.2) is 11.5 Å². The SMILES string of the molecule is C=C(CN)c1csc(C(C)C)n1. The van der Waals surface area contributed by atoms with E-state index in [-0.39, 0.29) is 0 Å². The minimum absolute atomic E-state index is 0.487. The van der Waals surface area contributed by atoms with E-state index in [0.717, 1.165) is 16.3 Å². The molecule has 12 heavy (non-hydrogen) atoms. The third-order valence-corrected chi connectivity index (χ3v) is 2.77. The van der Waals surface area contributed by atoms with Gasteiger partial charge in [-0.25, -0.2) is 4.98 Å². The van der Waals surface area contributed by atoms with Gasteiger partial charge >= 0.3 is 0 Å². The predicted octanol–water partition coefficient (Wildman–Crippen LogP) is 2.24. The molecular formula is C9H14N2S. The van der Waals surface area contributed by atoms with E-state index in [0.29, 0.717) is 12.5 Å². The Morgan fingerprint density at radius 3 is 2.83 bits per heavy atom. The standard InChI is InChI=1S/C9H14N2S/c1-6(2)9-11-8(5-12-9)7(3)4-10/h5-6H,3-4,10H2,1-2H3. The largest absolute Gasteiger partial charge is 0.326 e. The Morgan fingerprint density at radius 1 is 1.75 bits per heavy atom. The molecule has 0 spiro atoms. The highest BCUT2D eigenvalue weighted by molar-refractivity contribution is 7.09. The van der Waals surface area contributed by atoms with Gasteiger partial charge in [0.25, 0.3) is 0 Å². The van der Waals surface area contributed by atoms with Crippen LogP contribution < -0.4 is 5.73 Å². The minimum Gasteiger partial charge on any atom is -0.326 e. The van der Waals surface area contributed by atoms with E-state index < -0.39 is 0 Å². The summed E-state index contributed by atoms with van der Waals surface area (Å²) in [6.45, 7) is 8.59. The van der Waals surface area contributed by atoms with E-state index in [4.69, 9.17) is 5.73 Å². The van der Waals surface area contributed by atoms with Crippen molar-refractivity contribution >= 4 is 16.9 Å². The number of hydrogen-bond donors (Lipinski definition) is 1. The van der Waals surface area contributed by atoms with Gasteiger partial charge in [0.15, 0.2) is 0 Å². The summed E-state index contributed by atoms with van der Waals surface area (Å²) >= 11 is 1.67. The van der Waals surface area contributed by atoms with Crippen LogP contribution in [0.1, 0.15) is 30.5 Å². The normalized spacial score (nSPS) is 10.7. The molecule has 0 fully saturated rings. The van der Waals surface area contributed by atoms with Gasteiger partial charge in [0.1, 0.15) is 0 Å². The molecule has 0 aromatic carbocycles. The summed E-state index contributed by atoms with van der Waals surface area (Å²) in [6, 6.07) is 0. The Morgan fingerprint density at radius 2 is 2.42 bits per heavy atom. The fourth-order valence-corrected chi connectivity index (χ4v) is 1.69. The van der Waals surface area contributed by atoms with Gasteiger partial charge in [0.2, 0.25) is 0 Å². The lowest BCUT2D eigenvalue weighted by atomic mass is 10.2. The highest BCUT2D eigenvalue weighted by Crippen LogP contribution is 2.21. The van der Waals surface area contributed by atoms with Crippen LogP contribution in [0, 0.1) is 0 Å². The quantitative estimate of drug-likeness (QED) is 0.778. The number of nitrogens with zero attached hydrogens (tertiary/aromatic N) is 1. The zero-order valence-corrected chi connectivity index (χ0v) is 8.32. The van der Waals surface area contributed by atoms with Crippen LogP contribution in [-0.2, 0) is 0 Å². The summed E-state index contributed by atoms with van der Waals surface area (Å²) < 4.78 is 0. The number of thiazole rings is 1. The van der Waals surface area contributed by atoms with Crippen LogP contribution in [0.4, 0.5) is 0 Å². The molecule has 0 unspecified atom stereocenters. The second kappa shape index (κ2) is 3.83. The first-order valence-electron chi connectivity index (χ1n) is 3.98. The van der Waals surface area contributed by atoms with Gasteiger partial charge in [-0.3, -0.25) is 0 Å². The molecule has 3 heteroatoms. The van der Waals surface area contributed by atoms with E-state index >= 15 is 0 Å². The first kappa shape index (κ1) is 9.42. The van der Waals surface area contributed by atoms with Crippen molar-refractivity contribution in [2.45, 2.75) is 19.8 Å². The molecule has 2 nitrogen and oxygen atoms in total. The van der Waals surface area contributed by atoms with Crippen molar-refractivity contribution in [3.8, 4) is 0 Å². The first-order chi connectivity index (χ1) is 5.65. The van der Waals surface area contributed by atoms with Gasteiger partial charge in [0.05, 0.1) is 10.7 Å². The molecule has 66 valence electrons. The van der Waals surface area contributed by atoms with E-state index in [1.807, 2.05) is 5.38 Å². The Hall–Kier alpha value is -0.670. The summed E-state index contributed by atoms with van der Waals surface area (Å²) in [6.07, 6.45) is 0. The molecule has 1 heterocycles. The Labute approximate surface area is 77.1 Å². The Balaban J connectivity index is 2.84. The summed E-state index contributed by atoms with van der Waals surface area (Å²) in [5, 5.41) is 3.17. The smallest absolute Gasteiger partial charge is 0.0957 e. The summed E-state index contributed by atoms with van der Waals surface area (Å²) in [4.78, 5) is 4.42. The third kappa shape index (κ3) is 1.93. The highest BCUT2D eigenvalue weighted by atomic mass is 32.1. The molecule has 0 bridgehead atoms. The van der Waals surface area contributed by atoms with Crippen molar-refractivity contribution in [3.63, 3.8) is 0 Å². The molecule has 2 N–H and O–H groups in total. The van der Waals surface area contributed by atoms with Crippen molar-refractivity contribution < 1.29 is 0 Å². The zero-order chi connectivity index (χ0) is 9.14. The molecule has 0 radical (unpaired) electrons. The van der Waals surface area contributed by atoms with Crippen LogP contribution in [0.3, 0.4) is 0 Å². The molecule has 1 aromatic rings. The third-order valence-electron chi connectivity index (χ3n) is 1.62. The molecule has 1 aromatic heterocycles. The van der Waals surface area contributed by atoms with Crippen LogP contribution in [0.15, 0.2) is 12.0 Å². The summed E-state index contributed by atoms with van der Waals surface area (Å²) in [5.41, 5.74) is 7.32. The molecular weight excluding hydrogens is 168 g/mol. The van der Waals surface area contributed by atoms with Crippen molar-refractivity contribution in [3.05, 3.63) is 22.7 Å². The minimum atomic E-state index is 0.487. The monoisotopic (exact) mass is 182 g/mol. The number of nitrogens with two attached hydrogens (primary N) is 1. The van der Waals surface area contributed by atoms with Crippen LogP contribution in [0.25, 0.3) is 5.57 Å². The number of rotatable bonds is 3. The van der Waals surface area contributed by atoms with Gasteiger partial charge in [-0.15, -0.1) is 11.3 Å². The molecule has 0 saturated heterocycles. The molecule has 0 aliphatic heterocycles. The maximum absolute atomic E-state index is 5.45. The lowest BCUT2D eigenvalue weighted by Crippen LogP contribution is -2.01. The maximum Gasteiger partial charge on any atom is 0.0957 e. The maximum atomic E-state index is 5.45. The average Bonchev–Trinajstić information content (AvgIpc) is 2.51. The van der Waals surface area contributed by atoms with Crippen molar-refractivity contribution in [2.24, 2.45) is 5.73 Å². The zero-order valence-electron chi connectivity index (χ0n) is 7.50. The van der Waals surface area contributed by atoms with Crippen LogP contribution >= 0.6 is 11.3 Å². The van der Waals surface area contributed by atoms with E-state index in [9.17, 15) is 0 Å². The fourth-order valence-electron chi connectivity index (χ4n) is 0.820. The van der Waals surface area contributed by atoms with Gasteiger partial charge in [0, 0.05) is 17.8 Å². The highest BCUT2D eigenvalue weighted by Gasteiger charge is 2.06. The van der Waals surface area contributed by atoms with Gasteiger partial charge in [-0.05, 0) is 5.57 Å². The second-order valence-electron chi connectivity index (χ2n) is 3.03. The molecule has 0 amide bonds. The van der Waals surface area contributed by atoms with Crippen LogP contribution in [0.2, 0.25) is 0 Å². The average molecular weight is 182 g/mol. The Bertz CT molecular complexity index is 276. The van der Waals surface area contributed by atoms with Gasteiger partial charge in [-0.2, -0.15) is 0 Å².